The third-order valence-electron chi connectivity index (χ3n) is 2.10. The number of aryl methyl sites for hydroxylation is 1. The minimum atomic E-state index is -0.815. The van der Waals surface area contributed by atoms with Crippen molar-refractivity contribution >= 4 is 23.0 Å². The van der Waals surface area contributed by atoms with Gasteiger partial charge in [0.15, 0.2) is 0 Å². The third kappa shape index (κ3) is 3.83. The molecule has 0 spiro atoms. The van der Waals surface area contributed by atoms with Crippen LogP contribution in [0.2, 0.25) is 0 Å². The lowest BCUT2D eigenvalue weighted by Gasteiger charge is -2.16. The molecule has 0 saturated carbocycles. The van der Waals surface area contributed by atoms with Crippen LogP contribution in [-0.4, -0.2) is 23.3 Å². The summed E-state index contributed by atoms with van der Waals surface area (Å²) in [5.74, 6) is -0.381. The first-order valence-electron chi connectivity index (χ1n) is 5.05. The number of thiophene rings is 1. The van der Waals surface area contributed by atoms with E-state index in [0.717, 1.165) is 4.88 Å². The van der Waals surface area contributed by atoms with Crippen LogP contribution in [0.4, 0.5) is 5.69 Å². The van der Waals surface area contributed by atoms with E-state index in [9.17, 15) is 9.90 Å². The van der Waals surface area contributed by atoms with Gasteiger partial charge in [-0.15, -0.1) is 11.3 Å². The molecule has 3 N–H and O–H groups in total. The van der Waals surface area contributed by atoms with E-state index in [0.29, 0.717) is 17.0 Å². The first-order chi connectivity index (χ1) is 7.29. The number of aliphatic hydroxyl groups is 1. The Bertz CT molecular complexity index is 360. The minimum absolute atomic E-state index is 0.208. The Hall–Kier alpha value is -1.07. The predicted octanol–water partition coefficient (Wildman–Crippen LogP) is 1.96. The molecule has 1 aromatic heterocycles. The zero-order valence-electron chi connectivity index (χ0n) is 9.74. The molecule has 0 aromatic carbocycles. The van der Waals surface area contributed by atoms with Crippen LogP contribution in [0.5, 0.6) is 0 Å². The molecule has 90 valence electrons. The monoisotopic (exact) mass is 243 g/mol. The van der Waals surface area contributed by atoms with Crippen LogP contribution in [0, 0.1) is 6.92 Å². The van der Waals surface area contributed by atoms with Gasteiger partial charge in [-0.3, -0.25) is 0 Å². The number of carbonyl (C=O) groups excluding carboxylic acids is 1. The van der Waals surface area contributed by atoms with E-state index in [4.69, 9.17) is 10.5 Å². The molecule has 1 heterocycles. The van der Waals surface area contributed by atoms with E-state index >= 15 is 0 Å². The topological polar surface area (TPSA) is 72.5 Å². The normalized spacial score (nSPS) is 11.5. The molecule has 0 amide bonds. The number of hydrogen-bond acceptors (Lipinski definition) is 5. The summed E-state index contributed by atoms with van der Waals surface area (Å²) < 4.78 is 5.03. The van der Waals surface area contributed by atoms with Crippen molar-refractivity contribution in [1.29, 1.82) is 0 Å². The number of carbonyl (C=O) groups is 1. The molecule has 0 radical (unpaired) electrons. The number of nitrogen functional groups attached to an aromatic ring is 1. The molecule has 16 heavy (non-hydrogen) atoms. The highest BCUT2D eigenvalue weighted by molar-refractivity contribution is 7.14. The van der Waals surface area contributed by atoms with Gasteiger partial charge >= 0.3 is 5.97 Å². The van der Waals surface area contributed by atoms with Crippen molar-refractivity contribution in [1.82, 2.24) is 0 Å². The summed E-state index contributed by atoms with van der Waals surface area (Å²) in [5, 5.41) is 9.44. The lowest BCUT2D eigenvalue weighted by Crippen LogP contribution is -2.21. The van der Waals surface area contributed by atoms with E-state index in [1.165, 1.54) is 11.3 Å². The van der Waals surface area contributed by atoms with Crippen molar-refractivity contribution in [3.05, 3.63) is 15.8 Å². The summed E-state index contributed by atoms with van der Waals surface area (Å²) in [5.41, 5.74) is 5.43. The zero-order valence-corrected chi connectivity index (χ0v) is 10.6. The lowest BCUT2D eigenvalue weighted by atomic mass is 10.1. The Labute approximate surface area is 99.0 Å². The molecule has 0 unspecified atom stereocenters. The van der Waals surface area contributed by atoms with E-state index in [2.05, 4.69) is 0 Å². The molecule has 0 atom stereocenters. The Morgan fingerprint density at radius 1 is 1.62 bits per heavy atom. The van der Waals surface area contributed by atoms with Crippen molar-refractivity contribution in [2.24, 2.45) is 0 Å². The van der Waals surface area contributed by atoms with Crippen molar-refractivity contribution < 1.29 is 14.6 Å². The molecular formula is C11H17NO3S. The van der Waals surface area contributed by atoms with Gasteiger partial charge in [0.05, 0.1) is 12.2 Å². The summed E-state index contributed by atoms with van der Waals surface area (Å²) >= 11 is 1.32. The fourth-order valence-electron chi connectivity index (χ4n) is 1.06. The van der Waals surface area contributed by atoms with Crippen molar-refractivity contribution in [2.45, 2.75) is 32.8 Å². The van der Waals surface area contributed by atoms with Gasteiger partial charge in [-0.05, 0) is 26.8 Å². The SMILES string of the molecule is Cc1sc(C(=O)OCCC(C)(C)O)cc1N. The first-order valence-corrected chi connectivity index (χ1v) is 5.86. The summed E-state index contributed by atoms with van der Waals surface area (Å²) in [6, 6.07) is 1.62. The second-order valence-corrected chi connectivity index (χ2v) is 5.58. The molecule has 0 aliphatic rings. The van der Waals surface area contributed by atoms with Crippen LogP contribution in [-0.2, 0) is 4.74 Å². The highest BCUT2D eigenvalue weighted by Gasteiger charge is 2.16. The fourth-order valence-corrected chi connectivity index (χ4v) is 1.90. The zero-order chi connectivity index (χ0) is 12.3. The summed E-state index contributed by atoms with van der Waals surface area (Å²) in [6.07, 6.45) is 0.415. The van der Waals surface area contributed by atoms with Gasteiger partial charge in [-0.2, -0.15) is 0 Å². The molecule has 0 aliphatic heterocycles. The fraction of sp³-hybridized carbons (Fsp3) is 0.545. The number of rotatable bonds is 4. The van der Waals surface area contributed by atoms with Crippen LogP contribution in [0.3, 0.4) is 0 Å². The molecule has 1 aromatic rings. The number of hydrogen-bond donors (Lipinski definition) is 2. The maximum atomic E-state index is 11.5. The highest BCUT2D eigenvalue weighted by Crippen LogP contribution is 2.24. The lowest BCUT2D eigenvalue weighted by molar-refractivity contribution is 0.0248. The third-order valence-corrected chi connectivity index (χ3v) is 3.15. The summed E-state index contributed by atoms with van der Waals surface area (Å²) in [7, 11) is 0. The average Bonchev–Trinajstić information content (AvgIpc) is 2.45. The number of anilines is 1. The second kappa shape index (κ2) is 4.84. The van der Waals surface area contributed by atoms with E-state index in [-0.39, 0.29) is 12.6 Å². The summed E-state index contributed by atoms with van der Waals surface area (Å²) in [4.78, 5) is 13.0. The Morgan fingerprint density at radius 3 is 2.69 bits per heavy atom. The number of esters is 1. The molecule has 0 bridgehead atoms. The van der Waals surface area contributed by atoms with Crippen molar-refractivity contribution in [3.63, 3.8) is 0 Å². The van der Waals surface area contributed by atoms with Gasteiger partial charge < -0.3 is 15.6 Å². The number of ether oxygens (including phenoxy) is 1. The summed E-state index contributed by atoms with van der Waals surface area (Å²) in [6.45, 7) is 5.41. The van der Waals surface area contributed by atoms with Crippen molar-refractivity contribution in [2.75, 3.05) is 12.3 Å². The first kappa shape index (κ1) is 13.0. The predicted molar refractivity (Wildman–Crippen MR) is 64.7 cm³/mol. The molecule has 5 heteroatoms. The van der Waals surface area contributed by atoms with Crippen molar-refractivity contribution in [3.8, 4) is 0 Å². The second-order valence-electron chi connectivity index (χ2n) is 4.32. The Morgan fingerprint density at radius 2 is 2.25 bits per heavy atom. The molecule has 0 saturated heterocycles. The van der Waals surface area contributed by atoms with E-state index in [1.807, 2.05) is 6.92 Å². The van der Waals surface area contributed by atoms with Gasteiger partial charge in [-0.25, -0.2) is 4.79 Å². The van der Waals surface area contributed by atoms with Gasteiger partial charge in [0.1, 0.15) is 4.88 Å². The van der Waals surface area contributed by atoms with Gasteiger partial charge in [0.2, 0.25) is 0 Å². The molecule has 0 fully saturated rings. The maximum Gasteiger partial charge on any atom is 0.348 e. The average molecular weight is 243 g/mol. The molecule has 1 rings (SSSR count). The Balaban J connectivity index is 2.47. The standard InChI is InChI=1S/C11H17NO3S/c1-7-8(12)6-9(16-7)10(13)15-5-4-11(2,3)14/h6,14H,4-5,12H2,1-3H3. The highest BCUT2D eigenvalue weighted by atomic mass is 32.1. The largest absolute Gasteiger partial charge is 0.461 e. The van der Waals surface area contributed by atoms with Crippen LogP contribution in [0.1, 0.15) is 34.8 Å². The smallest absolute Gasteiger partial charge is 0.348 e. The van der Waals surface area contributed by atoms with Gasteiger partial charge in [0, 0.05) is 17.0 Å². The van der Waals surface area contributed by atoms with Gasteiger partial charge in [0.25, 0.3) is 0 Å². The van der Waals surface area contributed by atoms with Crippen LogP contribution in [0.25, 0.3) is 0 Å². The maximum absolute atomic E-state index is 11.5. The molecule has 4 nitrogen and oxygen atoms in total. The molecule has 0 aliphatic carbocycles. The Kier molecular flexibility index (Phi) is 3.93. The van der Waals surface area contributed by atoms with E-state index in [1.54, 1.807) is 19.9 Å². The minimum Gasteiger partial charge on any atom is -0.461 e. The van der Waals surface area contributed by atoms with E-state index < -0.39 is 5.60 Å². The number of nitrogens with two attached hydrogens (primary N) is 1. The molecular weight excluding hydrogens is 226 g/mol. The van der Waals surface area contributed by atoms with Gasteiger partial charge in [-0.1, -0.05) is 0 Å². The van der Waals surface area contributed by atoms with Crippen LogP contribution in [0.15, 0.2) is 6.07 Å². The van der Waals surface area contributed by atoms with Crippen LogP contribution >= 0.6 is 11.3 Å². The van der Waals surface area contributed by atoms with Crippen LogP contribution < -0.4 is 5.73 Å². The quantitative estimate of drug-likeness (QED) is 0.793.